The lowest BCUT2D eigenvalue weighted by Crippen LogP contribution is -2.05. The summed E-state index contributed by atoms with van der Waals surface area (Å²) in [6, 6.07) is 33.3. The molecule has 1 aromatic heterocycles. The molecule has 0 aliphatic rings. The molecule has 0 bridgehead atoms. The maximum Gasteiger partial charge on any atom is 0.145 e. The van der Waals surface area contributed by atoms with Crippen molar-refractivity contribution in [3.63, 3.8) is 0 Å². The van der Waals surface area contributed by atoms with Crippen molar-refractivity contribution in [2.24, 2.45) is 0 Å². The Hall–Kier alpha value is -2.89. The zero-order valence-corrected chi connectivity index (χ0v) is 19.8. The molecule has 0 saturated carbocycles. The SMILES string of the molecule is Brc1ccc(CNc2ccccc2-n2c(-c3ccc(Br)cc3)nc3ccccc32)cc1. The second-order valence-corrected chi connectivity index (χ2v) is 9.09. The normalized spacial score (nSPS) is 11.0. The van der Waals surface area contributed by atoms with E-state index in [1.807, 2.05) is 6.07 Å². The third-order valence-electron chi connectivity index (χ3n) is 5.20. The fourth-order valence-corrected chi connectivity index (χ4v) is 4.21. The standard InChI is InChI=1S/C26H19Br2N3/c27-20-13-9-18(10-14-20)17-29-22-5-1-3-7-24(22)31-25-8-4-2-6-23(25)30-26(31)19-11-15-21(28)16-12-19/h1-16,29H,17H2. The summed E-state index contributed by atoms with van der Waals surface area (Å²) >= 11 is 7.04. The molecule has 0 aliphatic carbocycles. The van der Waals surface area contributed by atoms with Gasteiger partial charge in [0.15, 0.2) is 0 Å². The quantitative estimate of drug-likeness (QED) is 0.250. The van der Waals surface area contributed by atoms with E-state index >= 15 is 0 Å². The van der Waals surface area contributed by atoms with Crippen molar-refractivity contribution in [2.75, 3.05) is 5.32 Å². The van der Waals surface area contributed by atoms with Gasteiger partial charge in [-0.3, -0.25) is 4.57 Å². The Morgan fingerprint density at radius 1 is 0.710 bits per heavy atom. The molecule has 5 heteroatoms. The van der Waals surface area contributed by atoms with Crippen LogP contribution in [-0.4, -0.2) is 9.55 Å². The van der Waals surface area contributed by atoms with E-state index in [0.29, 0.717) is 0 Å². The number of nitrogens with one attached hydrogen (secondary N) is 1. The van der Waals surface area contributed by atoms with Crippen LogP contribution >= 0.6 is 31.9 Å². The molecule has 31 heavy (non-hydrogen) atoms. The van der Waals surface area contributed by atoms with Crippen molar-refractivity contribution >= 4 is 48.6 Å². The van der Waals surface area contributed by atoms with E-state index in [2.05, 4.69) is 133 Å². The minimum atomic E-state index is 0.741. The predicted molar refractivity (Wildman–Crippen MR) is 136 cm³/mol. The first-order chi connectivity index (χ1) is 15.2. The Labute approximate surface area is 198 Å². The smallest absolute Gasteiger partial charge is 0.145 e. The van der Waals surface area contributed by atoms with Crippen LogP contribution < -0.4 is 5.32 Å². The number of hydrogen-bond acceptors (Lipinski definition) is 2. The molecule has 0 radical (unpaired) electrons. The molecule has 5 rings (SSSR count). The first-order valence-corrected chi connectivity index (χ1v) is 11.6. The molecule has 1 N–H and O–H groups in total. The molecule has 1 heterocycles. The van der Waals surface area contributed by atoms with Gasteiger partial charge in [0.1, 0.15) is 5.82 Å². The highest BCUT2D eigenvalue weighted by Gasteiger charge is 2.16. The zero-order chi connectivity index (χ0) is 21.2. The number of benzene rings is 4. The van der Waals surface area contributed by atoms with E-state index in [9.17, 15) is 0 Å². The van der Waals surface area contributed by atoms with E-state index in [1.165, 1.54) is 5.56 Å². The number of hydrogen-bond donors (Lipinski definition) is 1. The summed E-state index contributed by atoms with van der Waals surface area (Å²) in [7, 11) is 0. The summed E-state index contributed by atoms with van der Waals surface area (Å²) in [6.45, 7) is 0.741. The third kappa shape index (κ3) is 4.16. The fraction of sp³-hybridized carbons (Fsp3) is 0.0385. The van der Waals surface area contributed by atoms with E-state index in [1.54, 1.807) is 0 Å². The maximum absolute atomic E-state index is 4.97. The minimum Gasteiger partial charge on any atom is -0.379 e. The van der Waals surface area contributed by atoms with Gasteiger partial charge in [-0.1, -0.05) is 80.4 Å². The van der Waals surface area contributed by atoms with Crippen molar-refractivity contribution in [3.05, 3.63) is 112 Å². The van der Waals surface area contributed by atoms with Gasteiger partial charge in [0.25, 0.3) is 0 Å². The number of imidazole rings is 1. The second-order valence-electron chi connectivity index (χ2n) is 7.26. The first kappa shape index (κ1) is 20.0. The molecule has 0 unspecified atom stereocenters. The van der Waals surface area contributed by atoms with E-state index < -0.39 is 0 Å². The monoisotopic (exact) mass is 531 g/mol. The minimum absolute atomic E-state index is 0.741. The van der Waals surface area contributed by atoms with E-state index in [4.69, 9.17) is 4.98 Å². The van der Waals surface area contributed by atoms with Crippen molar-refractivity contribution in [2.45, 2.75) is 6.54 Å². The summed E-state index contributed by atoms with van der Waals surface area (Å²) < 4.78 is 4.37. The van der Waals surface area contributed by atoms with Crippen LogP contribution in [0.15, 0.2) is 106 Å². The van der Waals surface area contributed by atoms with Crippen LogP contribution in [0.1, 0.15) is 5.56 Å². The van der Waals surface area contributed by atoms with Gasteiger partial charge in [0.2, 0.25) is 0 Å². The summed E-state index contributed by atoms with van der Waals surface area (Å²) in [5.41, 5.74) is 6.49. The molecule has 0 amide bonds. The molecule has 0 aliphatic heterocycles. The lowest BCUT2D eigenvalue weighted by atomic mass is 10.2. The van der Waals surface area contributed by atoms with Gasteiger partial charge >= 0.3 is 0 Å². The molecule has 5 aromatic rings. The van der Waals surface area contributed by atoms with Crippen LogP contribution in [0.5, 0.6) is 0 Å². The first-order valence-electron chi connectivity index (χ1n) is 10.0. The summed E-state index contributed by atoms with van der Waals surface area (Å²) in [5.74, 6) is 0.923. The molecule has 4 aromatic carbocycles. The average Bonchev–Trinajstić information content (AvgIpc) is 3.19. The van der Waals surface area contributed by atoms with Crippen molar-refractivity contribution in [3.8, 4) is 17.1 Å². The Balaban J connectivity index is 1.61. The Morgan fingerprint density at radius 3 is 2.13 bits per heavy atom. The van der Waals surface area contributed by atoms with E-state index in [-0.39, 0.29) is 0 Å². The van der Waals surface area contributed by atoms with E-state index in [0.717, 1.165) is 49.3 Å². The summed E-state index contributed by atoms with van der Waals surface area (Å²) in [6.07, 6.45) is 0. The number of aromatic nitrogens is 2. The van der Waals surface area contributed by atoms with Crippen LogP contribution in [-0.2, 0) is 6.54 Å². The zero-order valence-electron chi connectivity index (χ0n) is 16.6. The number of rotatable bonds is 5. The highest BCUT2D eigenvalue weighted by molar-refractivity contribution is 9.10. The summed E-state index contributed by atoms with van der Waals surface area (Å²) in [4.78, 5) is 4.97. The third-order valence-corrected chi connectivity index (χ3v) is 6.26. The van der Waals surface area contributed by atoms with Gasteiger partial charge in [-0.2, -0.15) is 0 Å². The maximum atomic E-state index is 4.97. The topological polar surface area (TPSA) is 29.9 Å². The Bertz CT molecular complexity index is 1340. The highest BCUT2D eigenvalue weighted by atomic mass is 79.9. The molecular formula is C26H19Br2N3. The Morgan fingerprint density at radius 2 is 1.35 bits per heavy atom. The number of nitrogens with zero attached hydrogens (tertiary/aromatic N) is 2. The lowest BCUT2D eigenvalue weighted by Gasteiger charge is -2.16. The molecule has 3 nitrogen and oxygen atoms in total. The number of halogens is 2. The molecule has 152 valence electrons. The van der Waals surface area contributed by atoms with Crippen molar-refractivity contribution < 1.29 is 0 Å². The van der Waals surface area contributed by atoms with Gasteiger partial charge in [0, 0.05) is 21.1 Å². The molecule has 0 saturated heterocycles. The second kappa shape index (κ2) is 8.69. The van der Waals surface area contributed by atoms with Gasteiger partial charge in [-0.15, -0.1) is 0 Å². The summed E-state index contributed by atoms with van der Waals surface area (Å²) in [5, 5.41) is 3.62. The van der Waals surface area contributed by atoms with Gasteiger partial charge < -0.3 is 5.32 Å². The van der Waals surface area contributed by atoms with Crippen LogP contribution in [0, 0.1) is 0 Å². The molecule has 0 fully saturated rings. The van der Waals surface area contributed by atoms with Crippen molar-refractivity contribution in [1.82, 2.24) is 9.55 Å². The highest BCUT2D eigenvalue weighted by Crippen LogP contribution is 2.32. The Kier molecular flexibility index (Phi) is 5.62. The fourth-order valence-electron chi connectivity index (χ4n) is 3.68. The lowest BCUT2D eigenvalue weighted by molar-refractivity contribution is 1.08. The molecule has 0 atom stereocenters. The van der Waals surface area contributed by atoms with Gasteiger partial charge in [-0.25, -0.2) is 4.98 Å². The van der Waals surface area contributed by atoms with Crippen LogP contribution in [0.2, 0.25) is 0 Å². The van der Waals surface area contributed by atoms with Crippen LogP contribution in [0.3, 0.4) is 0 Å². The van der Waals surface area contributed by atoms with Gasteiger partial charge in [0.05, 0.1) is 22.4 Å². The van der Waals surface area contributed by atoms with Crippen molar-refractivity contribution in [1.29, 1.82) is 0 Å². The predicted octanol–water partition coefficient (Wildman–Crippen LogP) is 7.83. The number of anilines is 1. The number of para-hydroxylation sites is 4. The van der Waals surface area contributed by atoms with Crippen LogP contribution in [0.25, 0.3) is 28.1 Å². The molecular weight excluding hydrogens is 514 g/mol. The average molecular weight is 533 g/mol. The van der Waals surface area contributed by atoms with Gasteiger partial charge in [-0.05, 0) is 54.1 Å². The number of fused-ring (bicyclic) bond motifs is 1. The van der Waals surface area contributed by atoms with Crippen LogP contribution in [0.4, 0.5) is 5.69 Å². The molecule has 0 spiro atoms. The largest absolute Gasteiger partial charge is 0.379 e.